The molecule has 2 aromatic heterocycles. The Labute approximate surface area is 252 Å². The third-order valence-corrected chi connectivity index (χ3v) is 9.73. The number of hydrogen-bond donors (Lipinski definition) is 0. The number of thiophene rings is 1. The fourth-order valence-corrected chi connectivity index (χ4v) is 7.85. The van der Waals surface area contributed by atoms with Gasteiger partial charge in [-0.15, -0.1) is 11.3 Å². The zero-order valence-electron chi connectivity index (χ0n) is 23.2. The number of fused-ring (bicyclic) bond motifs is 9. The van der Waals surface area contributed by atoms with Crippen molar-refractivity contribution in [2.45, 2.75) is 0 Å². The molecule has 9 rings (SSSR count). The number of rotatable bonds is 4. The first-order valence-electron chi connectivity index (χ1n) is 14.5. The molecule has 0 amide bonds. The van der Waals surface area contributed by atoms with Gasteiger partial charge in [-0.1, -0.05) is 103 Å². The second-order valence-electron chi connectivity index (χ2n) is 10.9. The minimum Gasteiger partial charge on any atom is -0.456 e. The van der Waals surface area contributed by atoms with Crippen LogP contribution in [0.15, 0.2) is 156 Å². The highest BCUT2D eigenvalue weighted by atomic mass is 32.1. The summed E-state index contributed by atoms with van der Waals surface area (Å²) >= 11 is 1.87. The van der Waals surface area contributed by atoms with Gasteiger partial charge >= 0.3 is 0 Å². The van der Waals surface area contributed by atoms with Crippen molar-refractivity contribution in [1.82, 2.24) is 0 Å². The minimum atomic E-state index is 0.893. The molecule has 0 bridgehead atoms. The van der Waals surface area contributed by atoms with Gasteiger partial charge in [-0.25, -0.2) is 0 Å². The Balaban J connectivity index is 1.33. The molecule has 0 aliphatic rings. The van der Waals surface area contributed by atoms with Crippen molar-refractivity contribution >= 4 is 81.3 Å². The Morgan fingerprint density at radius 1 is 0.419 bits per heavy atom. The number of para-hydroxylation sites is 1. The molecular weight excluding hydrogens is 543 g/mol. The quantitative estimate of drug-likeness (QED) is 0.210. The number of nitrogens with zero attached hydrogens (tertiary/aromatic N) is 1. The van der Waals surface area contributed by atoms with Crippen LogP contribution in [0.1, 0.15) is 0 Å². The summed E-state index contributed by atoms with van der Waals surface area (Å²) in [5.41, 5.74) is 7.52. The maximum absolute atomic E-state index is 6.56. The van der Waals surface area contributed by atoms with E-state index in [2.05, 4.69) is 157 Å². The monoisotopic (exact) mass is 567 g/mol. The van der Waals surface area contributed by atoms with E-state index in [0.29, 0.717) is 0 Å². The van der Waals surface area contributed by atoms with Gasteiger partial charge in [0.25, 0.3) is 0 Å². The molecule has 202 valence electrons. The SMILES string of the molecule is c1ccc(-c2ccc(N(c3ccccc3)c3cccc4oc5ccc6c7ccc8ccccc8c7sc6c5c34)cc2)cc1. The maximum atomic E-state index is 6.56. The smallest absolute Gasteiger partial charge is 0.137 e. The van der Waals surface area contributed by atoms with Crippen molar-refractivity contribution in [3.05, 3.63) is 152 Å². The summed E-state index contributed by atoms with van der Waals surface area (Å²) in [7, 11) is 0. The maximum Gasteiger partial charge on any atom is 0.137 e. The number of anilines is 3. The fourth-order valence-electron chi connectivity index (χ4n) is 6.47. The average molecular weight is 568 g/mol. The largest absolute Gasteiger partial charge is 0.456 e. The molecule has 3 heteroatoms. The Morgan fingerprint density at radius 3 is 1.91 bits per heavy atom. The van der Waals surface area contributed by atoms with E-state index in [9.17, 15) is 0 Å². The summed E-state index contributed by atoms with van der Waals surface area (Å²) in [4.78, 5) is 2.35. The highest BCUT2D eigenvalue weighted by Crippen LogP contribution is 2.48. The first kappa shape index (κ1) is 24.2. The van der Waals surface area contributed by atoms with E-state index in [4.69, 9.17) is 4.42 Å². The zero-order valence-corrected chi connectivity index (χ0v) is 24.0. The zero-order chi connectivity index (χ0) is 28.3. The first-order valence-corrected chi connectivity index (χ1v) is 15.3. The molecule has 0 atom stereocenters. The fraction of sp³-hybridized carbons (Fsp3) is 0. The molecule has 0 fully saturated rings. The van der Waals surface area contributed by atoms with Crippen LogP contribution >= 0.6 is 11.3 Å². The molecule has 2 heterocycles. The van der Waals surface area contributed by atoms with E-state index in [1.807, 2.05) is 11.3 Å². The van der Waals surface area contributed by atoms with Crippen molar-refractivity contribution in [3.8, 4) is 11.1 Å². The Hall–Kier alpha value is -5.38. The van der Waals surface area contributed by atoms with E-state index in [-0.39, 0.29) is 0 Å². The Bertz CT molecular complexity index is 2440. The van der Waals surface area contributed by atoms with Crippen molar-refractivity contribution in [1.29, 1.82) is 0 Å². The lowest BCUT2D eigenvalue weighted by Gasteiger charge is -2.26. The van der Waals surface area contributed by atoms with Gasteiger partial charge in [-0.05, 0) is 70.4 Å². The molecule has 2 nitrogen and oxygen atoms in total. The topological polar surface area (TPSA) is 16.4 Å². The van der Waals surface area contributed by atoms with Crippen LogP contribution in [0.25, 0.3) is 64.0 Å². The molecule has 0 N–H and O–H groups in total. The Morgan fingerprint density at radius 2 is 1.07 bits per heavy atom. The first-order chi connectivity index (χ1) is 21.3. The minimum absolute atomic E-state index is 0.893. The molecule has 0 spiro atoms. The van der Waals surface area contributed by atoms with E-state index >= 15 is 0 Å². The summed E-state index contributed by atoms with van der Waals surface area (Å²) in [6.07, 6.45) is 0. The summed E-state index contributed by atoms with van der Waals surface area (Å²) in [6.45, 7) is 0. The molecule has 0 saturated carbocycles. The lowest BCUT2D eigenvalue weighted by Crippen LogP contribution is -2.10. The standard InChI is InChI=1S/C40H25NOS/c1-3-10-26(11-4-1)27-18-21-30(22-19-27)41(29-13-5-2-6-14-29)34-16-9-17-35-37(34)38-36(42-35)25-24-33-32-23-20-28-12-7-8-15-31(28)39(32)43-40(33)38/h1-25H. The molecule has 43 heavy (non-hydrogen) atoms. The van der Waals surface area contributed by atoms with E-state index in [1.165, 1.54) is 47.5 Å². The molecule has 0 aliphatic carbocycles. The summed E-state index contributed by atoms with van der Waals surface area (Å²) in [5, 5.41) is 7.44. The Kier molecular flexibility index (Phi) is 5.40. The molecule has 0 saturated heterocycles. The van der Waals surface area contributed by atoms with Gasteiger partial charge in [0.1, 0.15) is 11.2 Å². The van der Waals surface area contributed by atoms with Gasteiger partial charge in [0.05, 0.1) is 11.1 Å². The van der Waals surface area contributed by atoms with Gasteiger partial charge in [-0.3, -0.25) is 0 Å². The normalized spacial score (nSPS) is 11.7. The number of hydrogen-bond acceptors (Lipinski definition) is 3. The number of furan rings is 1. The van der Waals surface area contributed by atoms with Crippen molar-refractivity contribution < 1.29 is 4.42 Å². The van der Waals surface area contributed by atoms with Gasteiger partial charge in [-0.2, -0.15) is 0 Å². The van der Waals surface area contributed by atoms with Gasteiger partial charge in [0.15, 0.2) is 0 Å². The highest BCUT2D eigenvalue weighted by molar-refractivity contribution is 7.27. The molecule has 0 radical (unpaired) electrons. The molecule has 0 unspecified atom stereocenters. The van der Waals surface area contributed by atoms with Crippen molar-refractivity contribution in [3.63, 3.8) is 0 Å². The predicted octanol–water partition coefficient (Wildman–Crippen LogP) is 12.2. The van der Waals surface area contributed by atoms with Crippen LogP contribution in [0.5, 0.6) is 0 Å². The highest BCUT2D eigenvalue weighted by Gasteiger charge is 2.22. The number of benzene rings is 7. The van der Waals surface area contributed by atoms with Crippen LogP contribution < -0.4 is 4.90 Å². The molecular formula is C40H25NOS. The van der Waals surface area contributed by atoms with Gasteiger partial charge in [0.2, 0.25) is 0 Å². The van der Waals surface area contributed by atoms with Crippen LogP contribution in [0, 0.1) is 0 Å². The van der Waals surface area contributed by atoms with Crippen LogP contribution in [-0.4, -0.2) is 0 Å². The van der Waals surface area contributed by atoms with Crippen LogP contribution in [0.2, 0.25) is 0 Å². The van der Waals surface area contributed by atoms with Crippen LogP contribution in [-0.2, 0) is 0 Å². The second kappa shape index (κ2) is 9.59. The third-order valence-electron chi connectivity index (χ3n) is 8.46. The van der Waals surface area contributed by atoms with Gasteiger partial charge in [0, 0.05) is 36.9 Å². The van der Waals surface area contributed by atoms with Crippen molar-refractivity contribution in [2.75, 3.05) is 4.90 Å². The predicted molar refractivity (Wildman–Crippen MR) is 184 cm³/mol. The van der Waals surface area contributed by atoms with Crippen LogP contribution in [0.4, 0.5) is 17.1 Å². The lowest BCUT2D eigenvalue weighted by atomic mass is 10.0. The van der Waals surface area contributed by atoms with E-state index in [1.54, 1.807) is 0 Å². The summed E-state index contributed by atoms with van der Waals surface area (Å²) < 4.78 is 9.15. The average Bonchev–Trinajstić information content (AvgIpc) is 3.65. The molecule has 7 aromatic carbocycles. The lowest BCUT2D eigenvalue weighted by molar-refractivity contribution is 0.669. The van der Waals surface area contributed by atoms with Crippen LogP contribution in [0.3, 0.4) is 0 Å². The summed E-state index contributed by atoms with van der Waals surface area (Å²) in [5.74, 6) is 0. The van der Waals surface area contributed by atoms with Crippen molar-refractivity contribution in [2.24, 2.45) is 0 Å². The summed E-state index contributed by atoms with van der Waals surface area (Å²) in [6, 6.07) is 54.0. The second-order valence-corrected chi connectivity index (χ2v) is 11.9. The molecule has 9 aromatic rings. The van der Waals surface area contributed by atoms with E-state index < -0.39 is 0 Å². The molecule has 0 aliphatic heterocycles. The third kappa shape index (κ3) is 3.79. The van der Waals surface area contributed by atoms with Gasteiger partial charge < -0.3 is 9.32 Å². The van der Waals surface area contributed by atoms with E-state index in [0.717, 1.165) is 33.6 Å².